The highest BCUT2D eigenvalue weighted by Gasteiger charge is 2.21. The molecule has 1 aromatic heterocycles. The van der Waals surface area contributed by atoms with Crippen LogP contribution in [-0.4, -0.2) is 23.0 Å². The van der Waals surface area contributed by atoms with Gasteiger partial charge in [0.1, 0.15) is 5.58 Å². The molecule has 0 radical (unpaired) electrons. The Hall–Kier alpha value is -1.82. The van der Waals surface area contributed by atoms with Gasteiger partial charge in [-0.25, -0.2) is 0 Å². The fourth-order valence-electron chi connectivity index (χ4n) is 2.17. The first-order valence-corrected chi connectivity index (χ1v) is 7.43. The van der Waals surface area contributed by atoms with Crippen molar-refractivity contribution in [1.29, 1.82) is 0 Å². The maximum Gasteiger partial charge on any atom is 0.305 e. The van der Waals surface area contributed by atoms with Crippen molar-refractivity contribution in [2.45, 2.75) is 32.7 Å². The van der Waals surface area contributed by atoms with E-state index < -0.39 is 12.0 Å². The number of hydrogen-bond donors (Lipinski definition) is 2. The summed E-state index contributed by atoms with van der Waals surface area (Å²) in [6.07, 6.45) is 0.440. The molecule has 1 aromatic carbocycles. The van der Waals surface area contributed by atoms with Gasteiger partial charge in [0.2, 0.25) is 0 Å². The highest BCUT2D eigenvalue weighted by atomic mass is 79.9. The molecule has 1 amide bonds. The van der Waals surface area contributed by atoms with Crippen molar-refractivity contribution in [3.8, 4) is 0 Å². The fraction of sp³-hybridized carbons (Fsp3) is 0.333. The SMILES string of the molecule is CCC(CC(=O)O)NC(=O)c1oc2ccc(Br)cc2c1C. The summed E-state index contributed by atoms with van der Waals surface area (Å²) in [4.78, 5) is 23.0. The van der Waals surface area contributed by atoms with E-state index in [-0.39, 0.29) is 18.1 Å². The van der Waals surface area contributed by atoms with Gasteiger partial charge in [-0.1, -0.05) is 22.9 Å². The van der Waals surface area contributed by atoms with Crippen molar-refractivity contribution < 1.29 is 19.1 Å². The van der Waals surface area contributed by atoms with E-state index in [4.69, 9.17) is 9.52 Å². The molecule has 6 heteroatoms. The lowest BCUT2D eigenvalue weighted by molar-refractivity contribution is -0.137. The molecule has 5 nitrogen and oxygen atoms in total. The Labute approximate surface area is 130 Å². The number of amides is 1. The number of carboxylic acid groups (broad SMARTS) is 1. The number of halogens is 1. The van der Waals surface area contributed by atoms with Crippen LogP contribution >= 0.6 is 15.9 Å². The minimum absolute atomic E-state index is 0.104. The smallest absolute Gasteiger partial charge is 0.305 e. The maximum atomic E-state index is 12.3. The molecule has 21 heavy (non-hydrogen) atoms. The average Bonchev–Trinajstić information content (AvgIpc) is 2.74. The van der Waals surface area contributed by atoms with E-state index in [0.717, 1.165) is 15.4 Å². The molecule has 0 saturated carbocycles. The number of hydrogen-bond acceptors (Lipinski definition) is 3. The molecule has 112 valence electrons. The molecular weight excluding hydrogens is 338 g/mol. The zero-order valence-corrected chi connectivity index (χ0v) is 13.4. The summed E-state index contributed by atoms with van der Waals surface area (Å²) >= 11 is 3.38. The summed E-state index contributed by atoms with van der Waals surface area (Å²) in [5, 5.41) is 12.4. The van der Waals surface area contributed by atoms with E-state index in [1.807, 2.05) is 26.0 Å². The van der Waals surface area contributed by atoms with Crippen LogP contribution in [0.15, 0.2) is 27.1 Å². The average molecular weight is 354 g/mol. The summed E-state index contributed by atoms with van der Waals surface area (Å²) in [5.41, 5.74) is 1.38. The van der Waals surface area contributed by atoms with Gasteiger partial charge in [-0.15, -0.1) is 0 Å². The van der Waals surface area contributed by atoms with Crippen LogP contribution in [0.3, 0.4) is 0 Å². The van der Waals surface area contributed by atoms with Gasteiger partial charge in [-0.05, 0) is 31.5 Å². The molecule has 2 rings (SSSR count). The van der Waals surface area contributed by atoms with Crippen LogP contribution in [0, 0.1) is 6.92 Å². The second-order valence-electron chi connectivity index (χ2n) is 4.87. The lowest BCUT2D eigenvalue weighted by atomic mass is 10.1. The van der Waals surface area contributed by atoms with Crippen LogP contribution in [0.4, 0.5) is 0 Å². The Morgan fingerprint density at radius 2 is 2.14 bits per heavy atom. The second-order valence-corrected chi connectivity index (χ2v) is 5.79. The van der Waals surface area contributed by atoms with Crippen LogP contribution < -0.4 is 5.32 Å². The molecule has 0 aliphatic carbocycles. The summed E-state index contributed by atoms with van der Waals surface area (Å²) in [6.45, 7) is 3.64. The Morgan fingerprint density at radius 3 is 2.76 bits per heavy atom. The molecule has 0 saturated heterocycles. The third-order valence-electron chi connectivity index (χ3n) is 3.35. The van der Waals surface area contributed by atoms with Crippen molar-refractivity contribution in [1.82, 2.24) is 5.32 Å². The topological polar surface area (TPSA) is 79.5 Å². The predicted octanol–water partition coefficient (Wildman–Crippen LogP) is 3.49. The number of fused-ring (bicyclic) bond motifs is 1. The Balaban J connectivity index is 2.27. The van der Waals surface area contributed by atoms with Gasteiger partial charge < -0.3 is 14.8 Å². The lowest BCUT2D eigenvalue weighted by Gasteiger charge is -2.13. The van der Waals surface area contributed by atoms with E-state index in [1.165, 1.54) is 0 Å². The van der Waals surface area contributed by atoms with Gasteiger partial charge in [-0.3, -0.25) is 9.59 Å². The summed E-state index contributed by atoms with van der Waals surface area (Å²) in [7, 11) is 0. The summed E-state index contributed by atoms with van der Waals surface area (Å²) in [6, 6.07) is 5.11. The Morgan fingerprint density at radius 1 is 1.43 bits per heavy atom. The highest BCUT2D eigenvalue weighted by Crippen LogP contribution is 2.28. The third kappa shape index (κ3) is 3.44. The largest absolute Gasteiger partial charge is 0.481 e. The predicted molar refractivity (Wildman–Crippen MR) is 82.4 cm³/mol. The summed E-state index contributed by atoms with van der Waals surface area (Å²) in [5.74, 6) is -1.09. The number of carbonyl (C=O) groups excluding carboxylic acids is 1. The monoisotopic (exact) mass is 353 g/mol. The number of benzene rings is 1. The zero-order chi connectivity index (χ0) is 15.6. The molecule has 1 atom stereocenters. The van der Waals surface area contributed by atoms with Gasteiger partial charge in [0, 0.05) is 21.5 Å². The first-order valence-electron chi connectivity index (χ1n) is 6.63. The van der Waals surface area contributed by atoms with Crippen molar-refractivity contribution in [3.05, 3.63) is 34.0 Å². The Kier molecular flexibility index (Phi) is 4.67. The van der Waals surface area contributed by atoms with E-state index in [1.54, 1.807) is 6.07 Å². The van der Waals surface area contributed by atoms with Crippen LogP contribution in [-0.2, 0) is 4.79 Å². The molecular formula is C15H16BrNO4. The van der Waals surface area contributed by atoms with E-state index in [9.17, 15) is 9.59 Å². The van der Waals surface area contributed by atoms with E-state index in [2.05, 4.69) is 21.2 Å². The molecule has 0 aliphatic rings. The number of aryl methyl sites for hydroxylation is 1. The first-order chi connectivity index (χ1) is 9.92. The minimum atomic E-state index is -0.938. The van der Waals surface area contributed by atoms with Crippen LogP contribution in [0.25, 0.3) is 11.0 Å². The molecule has 0 fully saturated rings. The number of nitrogens with one attached hydrogen (secondary N) is 1. The second kappa shape index (κ2) is 6.30. The van der Waals surface area contributed by atoms with E-state index in [0.29, 0.717) is 12.0 Å². The molecule has 0 bridgehead atoms. The quantitative estimate of drug-likeness (QED) is 0.862. The van der Waals surface area contributed by atoms with Crippen molar-refractivity contribution in [2.24, 2.45) is 0 Å². The minimum Gasteiger partial charge on any atom is -0.481 e. The van der Waals surface area contributed by atoms with E-state index >= 15 is 0 Å². The number of carbonyl (C=O) groups is 2. The van der Waals surface area contributed by atoms with Gasteiger partial charge in [-0.2, -0.15) is 0 Å². The first kappa shape index (κ1) is 15.6. The van der Waals surface area contributed by atoms with Crippen molar-refractivity contribution in [2.75, 3.05) is 0 Å². The molecule has 1 unspecified atom stereocenters. The van der Waals surface area contributed by atoms with Crippen molar-refractivity contribution >= 4 is 38.8 Å². The summed E-state index contributed by atoms with van der Waals surface area (Å²) < 4.78 is 6.49. The number of furan rings is 1. The molecule has 2 N–H and O–H groups in total. The van der Waals surface area contributed by atoms with Gasteiger partial charge in [0.15, 0.2) is 5.76 Å². The zero-order valence-electron chi connectivity index (χ0n) is 11.8. The fourth-order valence-corrected chi connectivity index (χ4v) is 2.53. The van der Waals surface area contributed by atoms with Crippen LogP contribution in [0.2, 0.25) is 0 Å². The normalized spacial score (nSPS) is 12.3. The molecule has 2 aromatic rings. The Bertz CT molecular complexity index is 692. The number of carboxylic acids is 1. The van der Waals surface area contributed by atoms with Gasteiger partial charge in [0.05, 0.1) is 6.42 Å². The highest BCUT2D eigenvalue weighted by molar-refractivity contribution is 9.10. The van der Waals surface area contributed by atoms with Gasteiger partial charge >= 0.3 is 5.97 Å². The maximum absolute atomic E-state index is 12.3. The van der Waals surface area contributed by atoms with Crippen LogP contribution in [0.1, 0.15) is 35.9 Å². The van der Waals surface area contributed by atoms with Crippen LogP contribution in [0.5, 0.6) is 0 Å². The standard InChI is InChI=1S/C15H16BrNO4/c1-3-10(7-13(18)19)17-15(20)14-8(2)11-6-9(16)4-5-12(11)21-14/h4-6,10H,3,7H2,1-2H3,(H,17,20)(H,18,19). The number of aliphatic carboxylic acids is 1. The molecule has 1 heterocycles. The number of rotatable bonds is 5. The molecule has 0 spiro atoms. The molecule has 0 aliphatic heterocycles. The van der Waals surface area contributed by atoms with Crippen molar-refractivity contribution in [3.63, 3.8) is 0 Å². The van der Waals surface area contributed by atoms with Gasteiger partial charge in [0.25, 0.3) is 5.91 Å². The lowest BCUT2D eigenvalue weighted by Crippen LogP contribution is -2.36. The third-order valence-corrected chi connectivity index (χ3v) is 3.85.